The van der Waals surface area contributed by atoms with E-state index in [1.807, 2.05) is 28.8 Å². The van der Waals surface area contributed by atoms with Crippen molar-refractivity contribution >= 4 is 40.3 Å². The highest BCUT2D eigenvalue weighted by Crippen LogP contribution is 2.26. The predicted molar refractivity (Wildman–Crippen MR) is 69.7 cm³/mol. The lowest BCUT2D eigenvalue weighted by Gasteiger charge is -1.97. The molecular formula is C10H7ClN4S2. The van der Waals surface area contributed by atoms with Crippen LogP contribution in [-0.4, -0.2) is 19.6 Å². The first kappa shape index (κ1) is 11.0. The van der Waals surface area contributed by atoms with Gasteiger partial charge in [-0.1, -0.05) is 29.4 Å². The molecule has 3 heterocycles. The van der Waals surface area contributed by atoms with Crippen LogP contribution in [0.15, 0.2) is 35.7 Å². The lowest BCUT2D eigenvalue weighted by molar-refractivity contribution is 0.921. The summed E-state index contributed by atoms with van der Waals surface area (Å²) in [7, 11) is 0. The molecule has 0 spiro atoms. The molecule has 0 aliphatic heterocycles. The van der Waals surface area contributed by atoms with E-state index in [-0.39, 0.29) is 0 Å². The van der Waals surface area contributed by atoms with E-state index in [0.29, 0.717) is 4.47 Å². The topological polar surface area (TPSA) is 43.1 Å². The number of pyridine rings is 1. The van der Waals surface area contributed by atoms with E-state index in [0.717, 1.165) is 21.4 Å². The quantitative estimate of drug-likeness (QED) is 0.692. The van der Waals surface area contributed by atoms with Gasteiger partial charge in [-0.25, -0.2) is 4.98 Å². The smallest absolute Gasteiger partial charge is 0.195 e. The van der Waals surface area contributed by atoms with E-state index < -0.39 is 0 Å². The Hall–Kier alpha value is -1.11. The second kappa shape index (κ2) is 4.64. The molecule has 0 aromatic carbocycles. The van der Waals surface area contributed by atoms with E-state index in [9.17, 15) is 0 Å². The average Bonchev–Trinajstić information content (AvgIpc) is 2.93. The molecule has 0 radical (unpaired) electrons. The Kier molecular flexibility index (Phi) is 3.00. The Morgan fingerprint density at radius 2 is 2.29 bits per heavy atom. The van der Waals surface area contributed by atoms with Gasteiger partial charge in [0.25, 0.3) is 0 Å². The Morgan fingerprint density at radius 1 is 1.35 bits per heavy atom. The van der Waals surface area contributed by atoms with Crippen molar-refractivity contribution in [2.45, 2.75) is 10.9 Å². The third kappa shape index (κ3) is 2.29. The summed E-state index contributed by atoms with van der Waals surface area (Å²) >= 11 is 8.90. The van der Waals surface area contributed by atoms with Gasteiger partial charge in [0, 0.05) is 23.0 Å². The zero-order valence-electron chi connectivity index (χ0n) is 8.58. The van der Waals surface area contributed by atoms with Crippen LogP contribution in [0.3, 0.4) is 0 Å². The Bertz CT molecular complexity index is 648. The molecule has 0 bridgehead atoms. The minimum absolute atomic E-state index is 0.576. The summed E-state index contributed by atoms with van der Waals surface area (Å²) in [6.45, 7) is 0. The van der Waals surface area contributed by atoms with Crippen molar-refractivity contribution in [1.29, 1.82) is 0 Å². The number of thiazole rings is 1. The molecule has 0 N–H and O–H groups in total. The molecule has 17 heavy (non-hydrogen) atoms. The van der Waals surface area contributed by atoms with Crippen LogP contribution < -0.4 is 0 Å². The maximum absolute atomic E-state index is 5.78. The van der Waals surface area contributed by atoms with Crippen molar-refractivity contribution in [2.75, 3.05) is 0 Å². The summed E-state index contributed by atoms with van der Waals surface area (Å²) in [5.41, 5.74) is 0.859. The normalized spacial score (nSPS) is 11.1. The van der Waals surface area contributed by atoms with Gasteiger partial charge in [0.2, 0.25) is 0 Å². The SMILES string of the molecule is Clc1ncc(CSc2nnc3ccccn23)s1. The van der Waals surface area contributed by atoms with Crippen LogP contribution in [0.5, 0.6) is 0 Å². The molecule has 0 amide bonds. The second-order valence-corrected chi connectivity index (χ2v) is 5.92. The zero-order chi connectivity index (χ0) is 11.7. The average molecular weight is 283 g/mol. The summed E-state index contributed by atoms with van der Waals surface area (Å²) in [4.78, 5) is 5.14. The minimum Gasteiger partial charge on any atom is -0.277 e. The molecule has 3 rings (SSSR count). The fourth-order valence-corrected chi connectivity index (χ4v) is 3.33. The largest absolute Gasteiger partial charge is 0.277 e. The second-order valence-electron chi connectivity index (χ2n) is 3.28. The number of halogens is 1. The predicted octanol–water partition coefficient (Wildman–Crippen LogP) is 3.13. The molecule has 0 atom stereocenters. The summed E-state index contributed by atoms with van der Waals surface area (Å²) in [5.74, 6) is 0.806. The third-order valence-corrected chi connectivity index (χ3v) is 4.44. The molecule has 7 heteroatoms. The highest BCUT2D eigenvalue weighted by Gasteiger charge is 2.06. The molecule has 0 saturated carbocycles. The van der Waals surface area contributed by atoms with Crippen molar-refractivity contribution in [1.82, 2.24) is 19.6 Å². The van der Waals surface area contributed by atoms with Gasteiger partial charge in [-0.3, -0.25) is 4.40 Å². The van der Waals surface area contributed by atoms with Crippen molar-refractivity contribution in [3.63, 3.8) is 0 Å². The molecule has 0 saturated heterocycles. The fourth-order valence-electron chi connectivity index (χ4n) is 1.40. The molecule has 0 aliphatic rings. The number of hydrogen-bond donors (Lipinski definition) is 0. The maximum atomic E-state index is 5.78. The standard InChI is InChI=1S/C10H7ClN4S2/c11-9-12-5-7(17-9)6-16-10-14-13-8-3-1-2-4-15(8)10/h1-5H,6H2. The number of rotatable bonds is 3. The monoisotopic (exact) mass is 282 g/mol. The van der Waals surface area contributed by atoms with Gasteiger partial charge in [-0.15, -0.1) is 21.5 Å². The van der Waals surface area contributed by atoms with Gasteiger partial charge in [0.05, 0.1) is 0 Å². The van der Waals surface area contributed by atoms with Crippen LogP contribution in [0.25, 0.3) is 5.65 Å². The third-order valence-electron chi connectivity index (χ3n) is 2.15. The number of nitrogens with zero attached hydrogens (tertiary/aromatic N) is 4. The lowest BCUT2D eigenvalue weighted by Crippen LogP contribution is -1.86. The molecule has 86 valence electrons. The summed E-state index contributed by atoms with van der Waals surface area (Å²) in [6, 6.07) is 5.84. The van der Waals surface area contributed by atoms with Gasteiger partial charge in [-0.05, 0) is 12.1 Å². The van der Waals surface area contributed by atoms with Crippen LogP contribution in [0.4, 0.5) is 0 Å². The first-order valence-corrected chi connectivity index (χ1v) is 7.04. The minimum atomic E-state index is 0.576. The van der Waals surface area contributed by atoms with Gasteiger partial charge in [0.15, 0.2) is 15.3 Å². The fraction of sp³-hybridized carbons (Fsp3) is 0.100. The summed E-state index contributed by atoms with van der Waals surface area (Å²) in [5, 5.41) is 9.11. The first-order chi connectivity index (χ1) is 8.33. The number of hydrogen-bond acceptors (Lipinski definition) is 5. The van der Waals surface area contributed by atoms with Crippen molar-refractivity contribution in [2.24, 2.45) is 0 Å². The van der Waals surface area contributed by atoms with Crippen LogP contribution in [0.2, 0.25) is 4.47 Å². The lowest BCUT2D eigenvalue weighted by atomic mass is 10.5. The number of aromatic nitrogens is 4. The Morgan fingerprint density at radius 3 is 3.12 bits per heavy atom. The number of fused-ring (bicyclic) bond motifs is 1. The molecule has 4 nitrogen and oxygen atoms in total. The molecule has 0 unspecified atom stereocenters. The Labute approximate surface area is 111 Å². The molecule has 0 fully saturated rings. The summed E-state index contributed by atoms with van der Waals surface area (Å²) in [6.07, 6.45) is 3.75. The first-order valence-electron chi connectivity index (χ1n) is 4.86. The van der Waals surface area contributed by atoms with Gasteiger partial charge < -0.3 is 0 Å². The van der Waals surface area contributed by atoms with E-state index in [2.05, 4.69) is 15.2 Å². The van der Waals surface area contributed by atoms with Gasteiger partial charge in [0.1, 0.15) is 0 Å². The molecule has 0 aliphatic carbocycles. The van der Waals surface area contributed by atoms with Crippen LogP contribution in [0, 0.1) is 0 Å². The molecule has 3 aromatic rings. The maximum Gasteiger partial charge on any atom is 0.195 e. The van der Waals surface area contributed by atoms with Crippen molar-refractivity contribution in [3.05, 3.63) is 39.9 Å². The number of thioether (sulfide) groups is 1. The van der Waals surface area contributed by atoms with Crippen LogP contribution in [-0.2, 0) is 5.75 Å². The van der Waals surface area contributed by atoms with Crippen molar-refractivity contribution < 1.29 is 0 Å². The van der Waals surface area contributed by atoms with Crippen molar-refractivity contribution in [3.8, 4) is 0 Å². The molecular weight excluding hydrogens is 276 g/mol. The van der Waals surface area contributed by atoms with E-state index >= 15 is 0 Å². The Balaban J connectivity index is 1.81. The highest BCUT2D eigenvalue weighted by molar-refractivity contribution is 7.98. The van der Waals surface area contributed by atoms with E-state index in [1.165, 1.54) is 11.3 Å². The van der Waals surface area contributed by atoms with Gasteiger partial charge in [-0.2, -0.15) is 0 Å². The zero-order valence-corrected chi connectivity index (χ0v) is 11.0. The van der Waals surface area contributed by atoms with E-state index in [1.54, 1.807) is 18.0 Å². The van der Waals surface area contributed by atoms with Crippen LogP contribution >= 0.6 is 34.7 Å². The van der Waals surface area contributed by atoms with Gasteiger partial charge >= 0.3 is 0 Å². The van der Waals surface area contributed by atoms with Crippen LogP contribution in [0.1, 0.15) is 4.88 Å². The summed E-state index contributed by atoms with van der Waals surface area (Å²) < 4.78 is 2.54. The molecule has 3 aromatic heterocycles. The van der Waals surface area contributed by atoms with E-state index in [4.69, 9.17) is 11.6 Å². The highest BCUT2D eigenvalue weighted by atomic mass is 35.5.